The molecule has 1 aliphatic carbocycles. The van der Waals surface area contributed by atoms with Crippen LogP contribution in [0.5, 0.6) is 5.75 Å². The van der Waals surface area contributed by atoms with Crippen molar-refractivity contribution in [2.45, 2.75) is 38.6 Å². The maximum Gasteiger partial charge on any atom is 0.183 e. The van der Waals surface area contributed by atoms with Gasteiger partial charge in [-0.05, 0) is 32.6 Å². The van der Waals surface area contributed by atoms with Gasteiger partial charge in [0.2, 0.25) is 0 Å². The Morgan fingerprint density at radius 1 is 1.44 bits per heavy atom. The van der Waals surface area contributed by atoms with Gasteiger partial charge in [0.05, 0.1) is 19.3 Å². The minimum Gasteiger partial charge on any atom is -0.487 e. The van der Waals surface area contributed by atoms with Crippen LogP contribution in [0.4, 0.5) is 5.82 Å². The van der Waals surface area contributed by atoms with Crippen LogP contribution in [-0.4, -0.2) is 29.6 Å². The summed E-state index contributed by atoms with van der Waals surface area (Å²) in [5.41, 5.74) is 7.04. The molecule has 1 aromatic rings. The lowest BCUT2D eigenvalue weighted by Gasteiger charge is -2.26. The molecule has 0 radical (unpaired) electrons. The second-order valence-electron chi connectivity index (χ2n) is 5.37. The van der Waals surface area contributed by atoms with E-state index in [4.69, 9.17) is 15.2 Å². The zero-order valence-corrected chi connectivity index (χ0v) is 10.9. The summed E-state index contributed by atoms with van der Waals surface area (Å²) in [7, 11) is 0. The van der Waals surface area contributed by atoms with Gasteiger partial charge in [-0.25, -0.2) is 4.68 Å². The van der Waals surface area contributed by atoms with Crippen molar-refractivity contribution in [2.24, 2.45) is 5.92 Å². The molecular formula is C13H21N3O2. The Balaban J connectivity index is 1.68. The lowest BCUT2D eigenvalue weighted by molar-refractivity contribution is 0.167. The zero-order chi connectivity index (χ0) is 12.5. The van der Waals surface area contributed by atoms with Crippen molar-refractivity contribution in [1.29, 1.82) is 0 Å². The number of aromatic nitrogens is 2. The topological polar surface area (TPSA) is 62.3 Å². The van der Waals surface area contributed by atoms with Gasteiger partial charge in [0.25, 0.3) is 0 Å². The Bertz CT molecular complexity index is 420. The number of nitrogens with zero attached hydrogens (tertiary/aromatic N) is 2. The second-order valence-corrected chi connectivity index (χ2v) is 5.37. The highest BCUT2D eigenvalue weighted by Crippen LogP contribution is 2.37. The van der Waals surface area contributed by atoms with Crippen LogP contribution in [0.15, 0.2) is 0 Å². The molecule has 3 rings (SSSR count). The predicted molar refractivity (Wildman–Crippen MR) is 68.7 cm³/mol. The number of rotatable bonds is 4. The lowest BCUT2D eigenvalue weighted by atomic mass is 9.93. The van der Waals surface area contributed by atoms with E-state index in [0.29, 0.717) is 24.4 Å². The van der Waals surface area contributed by atoms with Crippen molar-refractivity contribution >= 4 is 5.82 Å². The summed E-state index contributed by atoms with van der Waals surface area (Å²) in [6.07, 6.45) is 4.72. The van der Waals surface area contributed by atoms with Gasteiger partial charge in [-0.3, -0.25) is 0 Å². The number of nitrogens with two attached hydrogens (primary N) is 1. The third-order valence-corrected chi connectivity index (χ3v) is 3.97. The Labute approximate surface area is 107 Å². The lowest BCUT2D eigenvalue weighted by Crippen LogP contribution is -2.20. The highest BCUT2D eigenvalue weighted by Gasteiger charge is 2.26. The van der Waals surface area contributed by atoms with Crippen molar-refractivity contribution in [1.82, 2.24) is 9.78 Å². The summed E-state index contributed by atoms with van der Waals surface area (Å²) < 4.78 is 13.2. The molecule has 2 heterocycles. The number of anilines is 1. The average molecular weight is 251 g/mol. The maximum atomic E-state index is 6.14. The fraction of sp³-hybridized carbons (Fsp3) is 0.769. The van der Waals surface area contributed by atoms with Crippen LogP contribution in [-0.2, 0) is 4.74 Å². The van der Waals surface area contributed by atoms with E-state index in [1.165, 1.54) is 19.3 Å². The first kappa shape index (κ1) is 11.8. The number of hydrogen-bond acceptors (Lipinski definition) is 4. The third kappa shape index (κ3) is 2.07. The summed E-state index contributed by atoms with van der Waals surface area (Å²) in [6, 6.07) is 0.482. The highest BCUT2D eigenvalue weighted by atomic mass is 16.5. The van der Waals surface area contributed by atoms with Gasteiger partial charge in [0.15, 0.2) is 11.6 Å². The van der Waals surface area contributed by atoms with Crippen LogP contribution in [0.25, 0.3) is 0 Å². The molecule has 2 aliphatic rings. The largest absolute Gasteiger partial charge is 0.487 e. The van der Waals surface area contributed by atoms with Gasteiger partial charge in [0, 0.05) is 12.5 Å². The van der Waals surface area contributed by atoms with E-state index >= 15 is 0 Å². The van der Waals surface area contributed by atoms with Crippen LogP contribution < -0.4 is 10.5 Å². The van der Waals surface area contributed by atoms with Crippen molar-refractivity contribution in [2.75, 3.05) is 25.6 Å². The Morgan fingerprint density at radius 3 is 2.89 bits per heavy atom. The number of nitrogen functional groups attached to an aromatic ring is 1. The summed E-state index contributed by atoms with van der Waals surface area (Å²) in [5, 5.41) is 4.51. The van der Waals surface area contributed by atoms with Crippen LogP contribution >= 0.6 is 0 Å². The smallest absolute Gasteiger partial charge is 0.183 e. The van der Waals surface area contributed by atoms with Crippen molar-refractivity contribution < 1.29 is 9.47 Å². The molecular weight excluding hydrogens is 230 g/mol. The third-order valence-electron chi connectivity index (χ3n) is 3.97. The molecule has 1 aromatic heterocycles. The molecule has 0 bridgehead atoms. The molecule has 2 N–H and O–H groups in total. The fourth-order valence-electron chi connectivity index (χ4n) is 2.55. The van der Waals surface area contributed by atoms with E-state index in [1.807, 2.05) is 11.6 Å². The number of hydrogen-bond donors (Lipinski definition) is 1. The molecule has 5 nitrogen and oxygen atoms in total. The van der Waals surface area contributed by atoms with Crippen LogP contribution in [0.2, 0.25) is 0 Å². The van der Waals surface area contributed by atoms with Crippen LogP contribution in [0.1, 0.15) is 37.4 Å². The zero-order valence-electron chi connectivity index (χ0n) is 10.9. The molecule has 1 unspecified atom stereocenters. The number of ether oxygens (including phenoxy) is 2. The van der Waals surface area contributed by atoms with Gasteiger partial charge in [-0.15, -0.1) is 0 Å². The minimum atomic E-state index is 0.482. The van der Waals surface area contributed by atoms with E-state index < -0.39 is 0 Å². The molecule has 5 heteroatoms. The Morgan fingerprint density at radius 2 is 2.28 bits per heavy atom. The predicted octanol–water partition coefficient (Wildman–Crippen LogP) is 1.91. The number of aryl methyl sites for hydroxylation is 1. The molecule has 1 saturated carbocycles. The molecule has 0 aromatic carbocycles. The van der Waals surface area contributed by atoms with E-state index in [-0.39, 0.29) is 0 Å². The molecule has 2 fully saturated rings. The van der Waals surface area contributed by atoms with Gasteiger partial charge < -0.3 is 15.2 Å². The second kappa shape index (κ2) is 4.80. The first-order valence-electron chi connectivity index (χ1n) is 6.81. The standard InChI is InChI=1S/C13H21N3O2/c1-9-12(18-8-10-5-6-17-7-10)13(14)16(15-9)11-3-2-4-11/h10-11H,2-8,14H2,1H3. The van der Waals surface area contributed by atoms with Crippen molar-refractivity contribution in [3.63, 3.8) is 0 Å². The maximum absolute atomic E-state index is 6.14. The summed E-state index contributed by atoms with van der Waals surface area (Å²) in [6.45, 7) is 4.30. The summed E-state index contributed by atoms with van der Waals surface area (Å²) in [4.78, 5) is 0. The van der Waals surface area contributed by atoms with Gasteiger partial charge >= 0.3 is 0 Å². The van der Waals surface area contributed by atoms with Crippen molar-refractivity contribution in [3.8, 4) is 5.75 Å². The SMILES string of the molecule is Cc1nn(C2CCC2)c(N)c1OCC1CCOC1. The Kier molecular flexibility index (Phi) is 3.16. The molecule has 0 amide bonds. The van der Waals surface area contributed by atoms with Gasteiger partial charge in [-0.2, -0.15) is 5.10 Å². The monoisotopic (exact) mass is 251 g/mol. The van der Waals surface area contributed by atoms with Crippen molar-refractivity contribution in [3.05, 3.63) is 5.69 Å². The molecule has 18 heavy (non-hydrogen) atoms. The van der Waals surface area contributed by atoms with E-state index in [2.05, 4.69) is 5.10 Å². The molecule has 100 valence electrons. The average Bonchev–Trinajstić information content (AvgIpc) is 2.86. The first-order valence-corrected chi connectivity index (χ1v) is 6.81. The molecule has 1 aliphatic heterocycles. The van der Waals surface area contributed by atoms with E-state index in [0.717, 1.165) is 31.1 Å². The van der Waals surface area contributed by atoms with Gasteiger partial charge in [-0.1, -0.05) is 0 Å². The summed E-state index contributed by atoms with van der Waals surface area (Å²) in [5.74, 6) is 1.96. The fourth-order valence-corrected chi connectivity index (χ4v) is 2.55. The Hall–Kier alpha value is -1.23. The van der Waals surface area contributed by atoms with Crippen LogP contribution in [0.3, 0.4) is 0 Å². The van der Waals surface area contributed by atoms with Crippen LogP contribution in [0, 0.1) is 12.8 Å². The van der Waals surface area contributed by atoms with E-state index in [1.54, 1.807) is 0 Å². The molecule has 0 spiro atoms. The first-order chi connectivity index (χ1) is 8.75. The quantitative estimate of drug-likeness (QED) is 0.888. The summed E-state index contributed by atoms with van der Waals surface area (Å²) >= 11 is 0. The molecule has 1 saturated heterocycles. The van der Waals surface area contributed by atoms with E-state index in [9.17, 15) is 0 Å². The molecule has 1 atom stereocenters. The normalized spacial score (nSPS) is 24.2. The highest BCUT2D eigenvalue weighted by molar-refractivity contribution is 5.50. The van der Waals surface area contributed by atoms with Gasteiger partial charge in [0.1, 0.15) is 5.69 Å². The minimum absolute atomic E-state index is 0.482.